The number of piperidine rings is 1. The first-order valence-corrected chi connectivity index (χ1v) is 27.1. The first kappa shape index (κ1) is 53.2. The van der Waals surface area contributed by atoms with Gasteiger partial charge in [-0.2, -0.15) is 0 Å². The summed E-state index contributed by atoms with van der Waals surface area (Å²) in [7, 11) is -3.72. The fourth-order valence-electron chi connectivity index (χ4n) is 9.94. The number of nitrogens with one attached hydrogen (secondary N) is 6. The molecule has 2 atom stereocenters. The van der Waals surface area contributed by atoms with Crippen molar-refractivity contribution in [3.8, 4) is 0 Å². The Balaban J connectivity index is 0.773. The molecule has 3 fully saturated rings. The lowest BCUT2D eigenvalue weighted by atomic mass is 9.83. The van der Waals surface area contributed by atoms with E-state index in [2.05, 4.69) is 45.8 Å². The number of carbonyl (C=O) groups excluding carboxylic acids is 4. The normalized spacial score (nSPS) is 17.2. The number of amides is 4. The second-order valence-electron chi connectivity index (χ2n) is 19.5. The van der Waals surface area contributed by atoms with E-state index in [9.17, 15) is 36.4 Å². The van der Waals surface area contributed by atoms with Gasteiger partial charge in [0, 0.05) is 80.1 Å². The highest BCUT2D eigenvalue weighted by Crippen LogP contribution is 2.31. The van der Waals surface area contributed by atoms with Gasteiger partial charge in [-0.15, -0.1) is 0 Å². The first-order valence-electron chi connectivity index (χ1n) is 25.1. The highest BCUT2D eigenvalue weighted by atomic mass is 35.5. The predicted molar refractivity (Wildman–Crippen MR) is 275 cm³/mol. The summed E-state index contributed by atoms with van der Waals surface area (Å²) in [6.07, 6.45) is 9.51. The largest absolute Gasteiger partial charge is 0.356 e. The van der Waals surface area contributed by atoms with Gasteiger partial charge in [0.15, 0.2) is 0 Å². The van der Waals surface area contributed by atoms with Crippen molar-refractivity contribution >= 4 is 62.1 Å². The minimum Gasteiger partial charge on any atom is -0.356 e. The first-order chi connectivity index (χ1) is 35.1. The van der Waals surface area contributed by atoms with Gasteiger partial charge in [0.25, 0.3) is 5.91 Å². The average molecular weight is 1040 g/mol. The van der Waals surface area contributed by atoms with Gasteiger partial charge < -0.3 is 41.8 Å². The van der Waals surface area contributed by atoms with Gasteiger partial charge in [-0.3, -0.25) is 19.2 Å². The van der Waals surface area contributed by atoms with Crippen molar-refractivity contribution < 1.29 is 36.4 Å². The molecule has 2 saturated heterocycles. The van der Waals surface area contributed by atoms with Crippen molar-refractivity contribution in [3.05, 3.63) is 124 Å². The Labute approximate surface area is 429 Å². The van der Waals surface area contributed by atoms with Gasteiger partial charge in [-0.1, -0.05) is 61.2 Å². The Morgan fingerprint density at radius 1 is 0.904 bits per heavy atom. The summed E-state index contributed by atoms with van der Waals surface area (Å²) in [5.74, 6) is -1.96. The molecular formula is C52H64ClF2N11O6S. The molecule has 0 bridgehead atoms. The Bertz CT molecular complexity index is 2840. The van der Waals surface area contributed by atoms with Crippen LogP contribution >= 0.6 is 11.6 Å². The number of rotatable bonds is 22. The Hall–Kier alpha value is -6.06. The van der Waals surface area contributed by atoms with Crippen LogP contribution in [0.4, 0.5) is 14.6 Å². The van der Waals surface area contributed by atoms with Gasteiger partial charge in [0.1, 0.15) is 35.5 Å². The number of nitrogens with two attached hydrogens (primary N) is 1. The molecule has 17 nitrogen and oxygen atoms in total. The topological polar surface area (TPSA) is 237 Å². The molecule has 8 N–H and O–H groups in total. The number of sulfonamides is 1. The summed E-state index contributed by atoms with van der Waals surface area (Å²) in [6, 6.07) is 18.1. The van der Waals surface area contributed by atoms with Crippen molar-refractivity contribution in [1.82, 2.24) is 45.8 Å². The molecule has 73 heavy (non-hydrogen) atoms. The van der Waals surface area contributed by atoms with Crippen molar-refractivity contribution in [1.29, 1.82) is 0 Å². The molecule has 0 radical (unpaired) electrons. The van der Waals surface area contributed by atoms with Gasteiger partial charge in [0.2, 0.25) is 27.7 Å². The summed E-state index contributed by atoms with van der Waals surface area (Å²) in [6.45, 7) is 2.26. The van der Waals surface area contributed by atoms with E-state index < -0.39 is 39.3 Å². The number of halogens is 3. The van der Waals surface area contributed by atoms with E-state index in [1.54, 1.807) is 47.4 Å². The number of benzene rings is 3. The van der Waals surface area contributed by atoms with Crippen LogP contribution in [0.25, 0.3) is 11.0 Å². The third kappa shape index (κ3) is 14.0. The zero-order valence-electron chi connectivity index (χ0n) is 40.7. The maximum Gasteiger partial charge on any atom is 0.251 e. The number of fused-ring (bicyclic) bond motifs is 1. The quantitative estimate of drug-likeness (QED) is 0.0437. The molecule has 0 unspecified atom stereocenters. The molecule has 4 amide bonds. The molecule has 21 heteroatoms. The van der Waals surface area contributed by atoms with Crippen LogP contribution in [0.15, 0.2) is 85.3 Å². The van der Waals surface area contributed by atoms with Gasteiger partial charge >= 0.3 is 0 Å². The van der Waals surface area contributed by atoms with Gasteiger partial charge in [-0.25, -0.2) is 31.9 Å². The number of unbranched alkanes of at least 4 members (excludes halogenated alkanes) is 1. The SMILES string of the molecule is NC1(C(=O)N[C@@H](CCNS(=O)(=O)CCCCNC(=O)[C@H](NC(=O)c2cccc(C3CN(C(=O)CNCc4ccc(F)cc4F)C3)c2)C2CCCCC2)c2ccc(Cl)cc2)CCN(c2ncnc3[nH]ccc23)CC1. The number of carbonyl (C=O) groups is 4. The molecule has 3 aromatic carbocycles. The summed E-state index contributed by atoms with van der Waals surface area (Å²) < 4.78 is 56.3. The van der Waals surface area contributed by atoms with Gasteiger partial charge in [-0.05, 0) is 98.4 Å². The molecule has 1 saturated carbocycles. The van der Waals surface area contributed by atoms with Crippen LogP contribution in [0.2, 0.25) is 5.02 Å². The van der Waals surface area contributed by atoms with Crippen LogP contribution in [0.1, 0.15) is 103 Å². The molecule has 0 spiro atoms. The van der Waals surface area contributed by atoms with E-state index in [0.717, 1.165) is 66.1 Å². The second kappa shape index (κ2) is 24.3. The van der Waals surface area contributed by atoms with E-state index >= 15 is 0 Å². The lowest BCUT2D eigenvalue weighted by molar-refractivity contribution is -0.134. The van der Waals surface area contributed by atoms with Crippen molar-refractivity contribution in [2.45, 2.75) is 94.3 Å². The average Bonchev–Trinajstić information content (AvgIpc) is 3.86. The summed E-state index contributed by atoms with van der Waals surface area (Å²) in [5, 5.41) is 13.4. The monoisotopic (exact) mass is 1040 g/mol. The van der Waals surface area contributed by atoms with Crippen molar-refractivity contribution in [3.63, 3.8) is 0 Å². The second-order valence-corrected chi connectivity index (χ2v) is 21.8. The number of nitrogens with zero attached hydrogens (tertiary/aromatic N) is 4. The maximum atomic E-state index is 14.0. The standard InChI is InChI=1S/C52H64ClF2N11O6S/c53-40-14-11-34(12-15-40)44(63-51(70)52(56)19-24-65(25-20-52)48-42-17-22-58-47(42)60-33-61-48)18-23-62-73(71,72)26-5-4-21-59-50(69)46(35-7-2-1-3-8-35)64-49(68)37-10-6-9-36(27-37)39-31-66(32-39)45(67)30-57-29-38-13-16-41(54)28-43(38)55/h6,9-17,22,27-28,33,35,39,44,46,57,62H,1-5,7-8,18-21,23-26,29-32,56H2,(H,59,69)(H,63,70)(H,64,68)(H,58,60,61)/t44-,46+/m0/s1. The lowest BCUT2D eigenvalue weighted by Gasteiger charge is -2.40. The van der Waals surface area contributed by atoms with E-state index in [1.807, 2.05) is 18.3 Å². The molecule has 390 valence electrons. The Morgan fingerprint density at radius 3 is 2.42 bits per heavy atom. The summed E-state index contributed by atoms with van der Waals surface area (Å²) >= 11 is 6.18. The molecule has 3 aliphatic rings. The third-order valence-corrected chi connectivity index (χ3v) is 16.1. The number of anilines is 1. The minimum absolute atomic E-state index is 0.00750. The minimum atomic E-state index is -3.72. The Kier molecular flexibility index (Phi) is 17.7. The molecule has 2 aliphatic heterocycles. The van der Waals surface area contributed by atoms with E-state index in [0.29, 0.717) is 56.0 Å². The predicted octanol–water partition coefficient (Wildman–Crippen LogP) is 5.35. The Morgan fingerprint density at radius 2 is 1.67 bits per heavy atom. The maximum absolute atomic E-state index is 14.0. The molecular weight excluding hydrogens is 980 g/mol. The number of aromatic nitrogens is 3. The van der Waals surface area contributed by atoms with Crippen LogP contribution in [-0.2, 0) is 31.0 Å². The van der Waals surface area contributed by atoms with Crippen molar-refractivity contribution in [2.24, 2.45) is 11.7 Å². The molecule has 8 rings (SSSR count). The van der Waals surface area contributed by atoms with E-state index in [-0.39, 0.29) is 85.8 Å². The summed E-state index contributed by atoms with van der Waals surface area (Å²) in [4.78, 5) is 69.7. The number of hydrogen-bond acceptors (Lipinski definition) is 11. The third-order valence-electron chi connectivity index (χ3n) is 14.4. The van der Waals surface area contributed by atoms with Crippen LogP contribution in [0.3, 0.4) is 0 Å². The van der Waals surface area contributed by atoms with Crippen LogP contribution in [0.5, 0.6) is 0 Å². The molecule has 2 aromatic heterocycles. The van der Waals surface area contributed by atoms with E-state index in [4.69, 9.17) is 17.3 Å². The van der Waals surface area contributed by atoms with E-state index in [1.165, 1.54) is 18.5 Å². The lowest BCUT2D eigenvalue weighted by Crippen LogP contribution is -2.60. The van der Waals surface area contributed by atoms with Gasteiger partial charge in [0.05, 0.1) is 29.3 Å². The number of hydrogen-bond donors (Lipinski definition) is 7. The van der Waals surface area contributed by atoms with Crippen LogP contribution in [-0.4, -0.2) is 115 Å². The number of aromatic amines is 1. The molecule has 4 heterocycles. The molecule has 5 aromatic rings. The van der Waals surface area contributed by atoms with Crippen LogP contribution in [0, 0.1) is 17.6 Å². The van der Waals surface area contributed by atoms with Crippen LogP contribution < -0.4 is 36.6 Å². The smallest absolute Gasteiger partial charge is 0.251 e. The number of H-pyrrole nitrogens is 1. The zero-order valence-corrected chi connectivity index (χ0v) is 42.3. The van der Waals surface area contributed by atoms with Crippen molar-refractivity contribution in [2.75, 3.05) is 56.5 Å². The fourth-order valence-corrected chi connectivity index (χ4v) is 11.2. The molecule has 1 aliphatic carbocycles. The highest BCUT2D eigenvalue weighted by molar-refractivity contribution is 7.89. The zero-order chi connectivity index (χ0) is 51.5. The highest BCUT2D eigenvalue weighted by Gasteiger charge is 2.40. The fraction of sp³-hybridized carbons (Fsp3) is 0.462. The number of likely N-dealkylation sites (tertiary alicyclic amines) is 1. The summed E-state index contributed by atoms with van der Waals surface area (Å²) in [5.41, 5.74) is 8.64.